The summed E-state index contributed by atoms with van der Waals surface area (Å²) >= 11 is 1.70. The van der Waals surface area contributed by atoms with E-state index >= 15 is 0 Å². The first-order valence-corrected chi connectivity index (χ1v) is 9.85. The van der Waals surface area contributed by atoms with Crippen molar-refractivity contribution in [2.45, 2.75) is 39.3 Å². The molecule has 0 aliphatic carbocycles. The van der Waals surface area contributed by atoms with E-state index in [-0.39, 0.29) is 11.9 Å². The Morgan fingerprint density at radius 1 is 1.32 bits per heavy atom. The highest BCUT2D eigenvalue weighted by atomic mass is 32.1. The molecular formula is C21H26N2OS. The van der Waals surface area contributed by atoms with Crippen LogP contribution in [-0.2, 0) is 11.3 Å². The Morgan fingerprint density at radius 2 is 2.20 bits per heavy atom. The topological polar surface area (TPSA) is 32.3 Å². The van der Waals surface area contributed by atoms with Gasteiger partial charge in [-0.05, 0) is 36.8 Å². The lowest BCUT2D eigenvalue weighted by atomic mass is 10.0. The maximum atomic E-state index is 12.6. The normalized spacial score (nSPS) is 16.3. The van der Waals surface area contributed by atoms with Gasteiger partial charge in [0.05, 0.1) is 6.04 Å². The summed E-state index contributed by atoms with van der Waals surface area (Å²) in [5.74, 6) is 0.0930. The number of benzene rings is 1. The number of rotatable bonds is 6. The molecule has 3 nitrogen and oxygen atoms in total. The molecule has 1 aliphatic rings. The Labute approximate surface area is 154 Å². The van der Waals surface area contributed by atoms with Crippen molar-refractivity contribution < 1.29 is 4.79 Å². The average molecular weight is 355 g/mol. The van der Waals surface area contributed by atoms with Crippen molar-refractivity contribution in [3.8, 4) is 0 Å². The lowest BCUT2D eigenvalue weighted by Gasteiger charge is -2.27. The minimum absolute atomic E-state index is 0.0930. The molecular weight excluding hydrogens is 328 g/mol. The zero-order valence-electron chi connectivity index (χ0n) is 15.0. The molecule has 2 aromatic rings. The summed E-state index contributed by atoms with van der Waals surface area (Å²) in [7, 11) is 0. The molecule has 132 valence electrons. The van der Waals surface area contributed by atoms with Crippen LogP contribution in [0.1, 0.15) is 41.8 Å². The second-order valence-electron chi connectivity index (χ2n) is 6.65. The van der Waals surface area contributed by atoms with Gasteiger partial charge in [0, 0.05) is 30.1 Å². The summed E-state index contributed by atoms with van der Waals surface area (Å²) in [6.45, 7) is 6.96. The van der Waals surface area contributed by atoms with E-state index in [9.17, 15) is 4.79 Å². The molecule has 1 amide bonds. The number of hydrogen-bond acceptors (Lipinski definition) is 3. The van der Waals surface area contributed by atoms with Crippen LogP contribution in [-0.4, -0.2) is 23.9 Å². The molecule has 1 aromatic heterocycles. The van der Waals surface area contributed by atoms with Crippen molar-refractivity contribution >= 4 is 17.2 Å². The molecule has 0 saturated carbocycles. The van der Waals surface area contributed by atoms with Crippen LogP contribution in [0.2, 0.25) is 0 Å². The summed E-state index contributed by atoms with van der Waals surface area (Å²) in [6.07, 6.45) is 3.83. The fraction of sp³-hybridized carbons (Fsp3) is 0.381. The van der Waals surface area contributed by atoms with Crippen LogP contribution in [0.5, 0.6) is 0 Å². The quantitative estimate of drug-likeness (QED) is 0.831. The van der Waals surface area contributed by atoms with Gasteiger partial charge in [0.2, 0.25) is 5.91 Å². The zero-order chi connectivity index (χ0) is 17.6. The van der Waals surface area contributed by atoms with Gasteiger partial charge in [-0.2, -0.15) is 0 Å². The number of aryl methyl sites for hydroxylation is 1. The van der Waals surface area contributed by atoms with Crippen molar-refractivity contribution in [3.05, 3.63) is 69.4 Å². The van der Waals surface area contributed by atoms with Crippen molar-refractivity contribution in [2.24, 2.45) is 0 Å². The molecule has 0 spiro atoms. The van der Waals surface area contributed by atoms with Gasteiger partial charge in [0.25, 0.3) is 0 Å². The fourth-order valence-corrected chi connectivity index (χ4v) is 4.11. The molecule has 2 heterocycles. The number of amides is 1. The number of hydrogen-bond donors (Lipinski definition) is 1. The minimum Gasteiger partial charge on any atom is -0.345 e. The third kappa shape index (κ3) is 4.80. The first-order valence-electron chi connectivity index (χ1n) is 8.97. The summed E-state index contributed by atoms with van der Waals surface area (Å²) in [5, 5.41) is 5.26. The molecule has 1 atom stereocenters. The van der Waals surface area contributed by atoms with Crippen LogP contribution >= 0.6 is 11.3 Å². The predicted molar refractivity (Wildman–Crippen MR) is 105 cm³/mol. The second-order valence-corrected chi connectivity index (χ2v) is 7.63. The molecule has 1 unspecified atom stereocenters. The number of nitrogens with one attached hydrogen (secondary N) is 1. The van der Waals surface area contributed by atoms with E-state index in [1.54, 1.807) is 11.3 Å². The molecule has 0 saturated heterocycles. The highest BCUT2D eigenvalue weighted by Gasteiger charge is 2.20. The molecule has 0 bridgehead atoms. The Morgan fingerprint density at radius 3 is 2.84 bits per heavy atom. The number of nitrogens with zero attached hydrogens (tertiary/aromatic N) is 1. The third-order valence-corrected chi connectivity index (χ3v) is 5.66. The van der Waals surface area contributed by atoms with Crippen molar-refractivity contribution in [1.29, 1.82) is 0 Å². The SMILES string of the molecule is CCC(NC(=O)C1=CCN(Cc2cccc(C)c2)CC1)c1cccs1. The molecule has 1 N–H and O–H groups in total. The van der Waals surface area contributed by atoms with Crippen LogP contribution in [0.25, 0.3) is 0 Å². The van der Waals surface area contributed by atoms with Gasteiger partial charge in [-0.25, -0.2) is 0 Å². The van der Waals surface area contributed by atoms with Crippen molar-refractivity contribution in [1.82, 2.24) is 10.2 Å². The number of carbonyl (C=O) groups is 1. The van der Waals surface area contributed by atoms with Crippen LogP contribution in [0.3, 0.4) is 0 Å². The Balaban J connectivity index is 1.56. The van der Waals surface area contributed by atoms with Crippen LogP contribution in [0.4, 0.5) is 0 Å². The number of thiophene rings is 1. The van der Waals surface area contributed by atoms with E-state index < -0.39 is 0 Å². The third-order valence-electron chi connectivity index (χ3n) is 4.67. The van der Waals surface area contributed by atoms with Gasteiger partial charge in [0.15, 0.2) is 0 Å². The minimum atomic E-state index is 0.0930. The van der Waals surface area contributed by atoms with Crippen LogP contribution in [0, 0.1) is 6.92 Å². The summed E-state index contributed by atoms with van der Waals surface area (Å²) in [6, 6.07) is 12.9. The largest absolute Gasteiger partial charge is 0.345 e. The molecule has 25 heavy (non-hydrogen) atoms. The molecule has 4 heteroatoms. The predicted octanol–water partition coefficient (Wildman–Crippen LogP) is 4.46. The Hall–Kier alpha value is -1.91. The van der Waals surface area contributed by atoms with Crippen LogP contribution < -0.4 is 5.32 Å². The number of carbonyl (C=O) groups excluding carboxylic acids is 1. The van der Waals surface area contributed by atoms with E-state index in [0.717, 1.165) is 38.0 Å². The summed E-state index contributed by atoms with van der Waals surface area (Å²) in [5.41, 5.74) is 3.56. The monoisotopic (exact) mass is 354 g/mol. The van der Waals surface area contributed by atoms with Gasteiger partial charge < -0.3 is 5.32 Å². The summed E-state index contributed by atoms with van der Waals surface area (Å²) < 4.78 is 0. The standard InChI is InChI=1S/C21H26N2OS/c1-3-19(20-8-5-13-25-20)22-21(24)18-9-11-23(12-10-18)15-17-7-4-6-16(2)14-17/h4-9,13-14,19H,3,10-12,15H2,1-2H3,(H,22,24). The Bertz CT molecular complexity index is 736. The average Bonchev–Trinajstić information content (AvgIpc) is 3.14. The zero-order valence-corrected chi connectivity index (χ0v) is 15.8. The summed E-state index contributed by atoms with van der Waals surface area (Å²) in [4.78, 5) is 16.2. The van der Waals surface area contributed by atoms with Crippen LogP contribution in [0.15, 0.2) is 53.4 Å². The van der Waals surface area contributed by atoms with Crippen molar-refractivity contribution in [2.75, 3.05) is 13.1 Å². The molecule has 0 radical (unpaired) electrons. The highest BCUT2D eigenvalue weighted by molar-refractivity contribution is 7.10. The van der Waals surface area contributed by atoms with E-state index in [1.165, 1.54) is 16.0 Å². The van der Waals surface area contributed by atoms with Gasteiger partial charge in [-0.3, -0.25) is 9.69 Å². The fourth-order valence-electron chi connectivity index (χ4n) is 3.24. The van der Waals surface area contributed by atoms with E-state index in [0.29, 0.717) is 0 Å². The van der Waals surface area contributed by atoms with E-state index in [2.05, 4.69) is 65.9 Å². The first-order chi connectivity index (χ1) is 12.2. The lowest BCUT2D eigenvalue weighted by molar-refractivity contribution is -0.118. The van der Waals surface area contributed by atoms with Gasteiger partial charge in [-0.15, -0.1) is 11.3 Å². The van der Waals surface area contributed by atoms with Gasteiger partial charge in [0.1, 0.15) is 0 Å². The van der Waals surface area contributed by atoms with E-state index in [1.807, 2.05) is 6.07 Å². The van der Waals surface area contributed by atoms with Gasteiger partial charge in [-0.1, -0.05) is 48.9 Å². The first kappa shape index (κ1) is 17.9. The maximum absolute atomic E-state index is 12.6. The molecule has 1 aromatic carbocycles. The smallest absolute Gasteiger partial charge is 0.247 e. The molecule has 1 aliphatic heterocycles. The maximum Gasteiger partial charge on any atom is 0.247 e. The molecule has 0 fully saturated rings. The highest BCUT2D eigenvalue weighted by Crippen LogP contribution is 2.23. The molecule has 3 rings (SSSR count). The van der Waals surface area contributed by atoms with Gasteiger partial charge >= 0.3 is 0 Å². The Kier molecular flexibility index (Phi) is 6.05. The van der Waals surface area contributed by atoms with Crippen molar-refractivity contribution in [3.63, 3.8) is 0 Å². The lowest BCUT2D eigenvalue weighted by Crippen LogP contribution is -2.34. The second kappa shape index (κ2) is 8.45. The van der Waals surface area contributed by atoms with E-state index in [4.69, 9.17) is 0 Å².